The van der Waals surface area contributed by atoms with Crippen LogP contribution >= 0.6 is 0 Å². The molecule has 0 aliphatic carbocycles. The van der Waals surface area contributed by atoms with Crippen molar-refractivity contribution >= 4 is 5.97 Å². The summed E-state index contributed by atoms with van der Waals surface area (Å²) in [5.41, 5.74) is 2.59. The largest absolute Gasteiger partial charge is 0.496 e. The number of carbonyl (C=O) groups is 1. The lowest BCUT2D eigenvalue weighted by atomic mass is 9.88. The molecule has 1 N–H and O–H groups in total. The van der Waals surface area contributed by atoms with Crippen molar-refractivity contribution in [1.29, 1.82) is 0 Å². The number of methoxy groups -OCH3 is 1. The number of benzene rings is 2. The van der Waals surface area contributed by atoms with Crippen molar-refractivity contribution < 1.29 is 24.1 Å². The second kappa shape index (κ2) is 7.48. The van der Waals surface area contributed by atoms with E-state index in [1.54, 1.807) is 6.07 Å². The minimum atomic E-state index is -0.961. The predicted octanol–water partition coefficient (Wildman–Crippen LogP) is 3.50. The highest BCUT2D eigenvalue weighted by Gasteiger charge is 2.23. The highest BCUT2D eigenvalue weighted by molar-refractivity contribution is 5.91. The Morgan fingerprint density at radius 3 is 2.67 bits per heavy atom. The average Bonchev–Trinajstić information content (AvgIpc) is 3.16. The minimum Gasteiger partial charge on any atom is -0.496 e. The summed E-state index contributed by atoms with van der Waals surface area (Å²) in [6.45, 7) is 3.20. The van der Waals surface area contributed by atoms with E-state index in [2.05, 4.69) is 17.0 Å². The van der Waals surface area contributed by atoms with Gasteiger partial charge in [-0.1, -0.05) is 12.1 Å². The monoisotopic (exact) mass is 369 g/mol. The summed E-state index contributed by atoms with van der Waals surface area (Å²) in [5, 5.41) is 9.23. The van der Waals surface area contributed by atoms with Crippen molar-refractivity contribution in [3.63, 3.8) is 0 Å². The van der Waals surface area contributed by atoms with Crippen molar-refractivity contribution in [2.75, 3.05) is 27.0 Å². The third-order valence-electron chi connectivity index (χ3n) is 5.36. The molecule has 0 saturated carbocycles. The number of likely N-dealkylation sites (tertiary alicyclic amines) is 1. The van der Waals surface area contributed by atoms with Crippen LogP contribution in [0.15, 0.2) is 36.4 Å². The summed E-state index contributed by atoms with van der Waals surface area (Å²) in [5.74, 6) is 1.54. The molecule has 0 amide bonds. The van der Waals surface area contributed by atoms with Gasteiger partial charge < -0.3 is 19.3 Å². The van der Waals surface area contributed by atoms with E-state index in [-0.39, 0.29) is 5.56 Å². The van der Waals surface area contributed by atoms with Gasteiger partial charge in [-0.2, -0.15) is 0 Å². The van der Waals surface area contributed by atoms with Crippen LogP contribution in [0, 0.1) is 0 Å². The van der Waals surface area contributed by atoms with Gasteiger partial charge in [0.15, 0.2) is 11.5 Å². The number of fused-ring (bicyclic) bond motifs is 1. The Morgan fingerprint density at radius 1 is 1.15 bits per heavy atom. The molecule has 2 heterocycles. The van der Waals surface area contributed by atoms with Crippen LogP contribution in [0.25, 0.3) is 0 Å². The van der Waals surface area contributed by atoms with E-state index in [9.17, 15) is 9.90 Å². The molecule has 6 heteroatoms. The topological polar surface area (TPSA) is 68.2 Å². The highest BCUT2D eigenvalue weighted by atomic mass is 16.7. The molecule has 27 heavy (non-hydrogen) atoms. The van der Waals surface area contributed by atoms with Crippen LogP contribution in [0.3, 0.4) is 0 Å². The Labute approximate surface area is 158 Å². The van der Waals surface area contributed by atoms with Gasteiger partial charge in [0.2, 0.25) is 6.79 Å². The van der Waals surface area contributed by atoms with Gasteiger partial charge in [0.1, 0.15) is 11.3 Å². The van der Waals surface area contributed by atoms with E-state index >= 15 is 0 Å². The number of ether oxygens (including phenoxy) is 3. The van der Waals surface area contributed by atoms with Gasteiger partial charge in [-0.15, -0.1) is 0 Å². The average molecular weight is 369 g/mol. The molecule has 2 aromatic carbocycles. The SMILES string of the molecule is COc1cc(C2CCN(Cc3ccc4c(c3)OCO4)CC2)ccc1C(=O)O. The van der Waals surface area contributed by atoms with E-state index in [0.29, 0.717) is 18.5 Å². The maximum absolute atomic E-state index is 11.3. The first-order valence-corrected chi connectivity index (χ1v) is 9.16. The van der Waals surface area contributed by atoms with E-state index in [1.807, 2.05) is 18.2 Å². The zero-order valence-electron chi connectivity index (χ0n) is 15.3. The van der Waals surface area contributed by atoms with Crippen LogP contribution in [0.1, 0.15) is 40.2 Å². The molecule has 2 aliphatic rings. The van der Waals surface area contributed by atoms with Crippen molar-refractivity contribution in [2.24, 2.45) is 0 Å². The number of nitrogens with zero attached hydrogens (tertiary/aromatic N) is 1. The molecular weight excluding hydrogens is 346 g/mol. The van der Waals surface area contributed by atoms with E-state index in [0.717, 1.165) is 49.5 Å². The molecule has 4 rings (SSSR count). The molecule has 0 radical (unpaired) electrons. The first-order chi connectivity index (χ1) is 13.1. The molecule has 2 aliphatic heterocycles. The van der Waals surface area contributed by atoms with Gasteiger partial charge in [-0.25, -0.2) is 4.79 Å². The van der Waals surface area contributed by atoms with Gasteiger partial charge in [0.05, 0.1) is 7.11 Å². The standard InChI is InChI=1S/C21H23NO5/c1-25-19-11-16(3-4-17(19)21(23)24)15-6-8-22(9-7-15)12-14-2-5-18-20(10-14)27-13-26-18/h2-5,10-11,15H,6-9,12-13H2,1H3,(H,23,24). The molecule has 2 aromatic rings. The number of aromatic carboxylic acids is 1. The van der Waals surface area contributed by atoms with Gasteiger partial charge >= 0.3 is 5.97 Å². The van der Waals surface area contributed by atoms with Gasteiger partial charge in [-0.3, -0.25) is 4.90 Å². The third-order valence-corrected chi connectivity index (χ3v) is 5.36. The summed E-state index contributed by atoms with van der Waals surface area (Å²) in [4.78, 5) is 13.7. The van der Waals surface area contributed by atoms with Gasteiger partial charge in [0.25, 0.3) is 0 Å². The summed E-state index contributed by atoms with van der Waals surface area (Å²) in [7, 11) is 1.51. The highest BCUT2D eigenvalue weighted by Crippen LogP contribution is 2.35. The van der Waals surface area contributed by atoms with Gasteiger partial charge in [0, 0.05) is 6.54 Å². The van der Waals surface area contributed by atoms with Gasteiger partial charge in [-0.05, 0) is 67.2 Å². The van der Waals surface area contributed by atoms with Crippen molar-refractivity contribution in [1.82, 2.24) is 4.90 Å². The first-order valence-electron chi connectivity index (χ1n) is 9.16. The number of carboxylic acids is 1. The summed E-state index contributed by atoms with van der Waals surface area (Å²) in [6, 6.07) is 11.6. The summed E-state index contributed by atoms with van der Waals surface area (Å²) < 4.78 is 16.1. The maximum atomic E-state index is 11.3. The zero-order valence-corrected chi connectivity index (χ0v) is 15.3. The zero-order chi connectivity index (χ0) is 18.8. The summed E-state index contributed by atoms with van der Waals surface area (Å²) >= 11 is 0. The Balaban J connectivity index is 1.38. The Morgan fingerprint density at radius 2 is 1.93 bits per heavy atom. The van der Waals surface area contributed by atoms with Crippen LogP contribution < -0.4 is 14.2 Å². The lowest BCUT2D eigenvalue weighted by Gasteiger charge is -2.32. The normalized spacial score (nSPS) is 17.1. The van der Waals surface area contributed by atoms with Crippen molar-refractivity contribution in [3.05, 3.63) is 53.1 Å². The van der Waals surface area contributed by atoms with Crippen molar-refractivity contribution in [2.45, 2.75) is 25.3 Å². The number of carboxylic acid groups (broad SMARTS) is 1. The molecular formula is C21H23NO5. The van der Waals surface area contributed by atoms with E-state index < -0.39 is 5.97 Å². The number of piperidine rings is 1. The minimum absolute atomic E-state index is 0.210. The second-order valence-electron chi connectivity index (χ2n) is 7.00. The Bertz CT molecular complexity index is 842. The summed E-state index contributed by atoms with van der Waals surface area (Å²) in [6.07, 6.45) is 2.08. The molecule has 1 fully saturated rings. The van der Waals surface area contributed by atoms with Crippen LogP contribution in [0.4, 0.5) is 0 Å². The molecule has 0 unspecified atom stereocenters. The fraction of sp³-hybridized carbons (Fsp3) is 0.381. The molecule has 0 atom stereocenters. The van der Waals surface area contributed by atoms with Crippen molar-refractivity contribution in [3.8, 4) is 17.2 Å². The first kappa shape index (κ1) is 17.7. The maximum Gasteiger partial charge on any atom is 0.339 e. The number of rotatable bonds is 5. The molecule has 1 saturated heterocycles. The van der Waals surface area contributed by atoms with Crippen LogP contribution in [0.2, 0.25) is 0 Å². The molecule has 142 valence electrons. The molecule has 0 aromatic heterocycles. The Kier molecular flexibility index (Phi) is 4.90. The predicted molar refractivity (Wildman–Crippen MR) is 99.8 cm³/mol. The van der Waals surface area contributed by atoms with Crippen LogP contribution in [-0.2, 0) is 6.54 Å². The second-order valence-corrected chi connectivity index (χ2v) is 7.00. The van der Waals surface area contributed by atoms with E-state index in [1.165, 1.54) is 12.7 Å². The lowest BCUT2D eigenvalue weighted by Crippen LogP contribution is -2.32. The fourth-order valence-corrected chi connectivity index (χ4v) is 3.86. The molecule has 0 spiro atoms. The Hall–Kier alpha value is -2.73. The number of hydrogen-bond donors (Lipinski definition) is 1. The fourth-order valence-electron chi connectivity index (χ4n) is 3.86. The molecule has 6 nitrogen and oxygen atoms in total. The smallest absolute Gasteiger partial charge is 0.339 e. The van der Waals surface area contributed by atoms with Crippen LogP contribution in [0.5, 0.6) is 17.2 Å². The quantitative estimate of drug-likeness (QED) is 0.870. The van der Waals surface area contributed by atoms with E-state index in [4.69, 9.17) is 14.2 Å². The number of hydrogen-bond acceptors (Lipinski definition) is 5. The van der Waals surface area contributed by atoms with Crippen LogP contribution in [-0.4, -0.2) is 43.0 Å². The lowest BCUT2D eigenvalue weighted by molar-refractivity contribution is 0.0693. The molecule has 0 bridgehead atoms. The third kappa shape index (κ3) is 3.71.